The Kier molecular flexibility index (Phi) is 9.01. The number of hydrogen-bond donors (Lipinski definition) is 1. The highest BCUT2D eigenvalue weighted by Crippen LogP contribution is 2.51. The van der Waals surface area contributed by atoms with Gasteiger partial charge in [0.15, 0.2) is 0 Å². The first-order valence-corrected chi connectivity index (χ1v) is 15.5. The van der Waals surface area contributed by atoms with Gasteiger partial charge in [-0.2, -0.15) is 18.2 Å². The number of benzene rings is 3. The van der Waals surface area contributed by atoms with E-state index >= 15 is 0 Å². The first-order chi connectivity index (χ1) is 21.7. The second-order valence-corrected chi connectivity index (χ2v) is 11.9. The molecule has 45 heavy (non-hydrogen) atoms. The summed E-state index contributed by atoms with van der Waals surface area (Å²) in [6.45, 7) is 2.77. The molecular formula is C35H34ClF3N4O2. The Morgan fingerprint density at radius 2 is 1.49 bits per heavy atom. The number of unbranched alkanes of at least 4 members (excludes halogenated alkanes) is 1. The molecule has 1 aromatic heterocycles. The highest BCUT2D eigenvalue weighted by atomic mass is 35.5. The zero-order valence-electron chi connectivity index (χ0n) is 24.7. The summed E-state index contributed by atoms with van der Waals surface area (Å²) in [6.07, 6.45) is -2.56. The Balaban J connectivity index is 1.08. The van der Waals surface area contributed by atoms with Gasteiger partial charge in [0.1, 0.15) is 23.5 Å². The van der Waals surface area contributed by atoms with E-state index in [9.17, 15) is 18.0 Å². The molecular weight excluding hydrogens is 601 g/mol. The van der Waals surface area contributed by atoms with Gasteiger partial charge in [-0.25, -0.2) is 0 Å². The lowest BCUT2D eigenvalue weighted by Gasteiger charge is -2.36. The number of carbonyl (C=O) groups excluding carboxylic acids is 1. The topological polar surface area (TPSA) is 57.7 Å². The van der Waals surface area contributed by atoms with Crippen LogP contribution in [0.25, 0.3) is 11.1 Å². The highest BCUT2D eigenvalue weighted by molar-refractivity contribution is 6.32. The van der Waals surface area contributed by atoms with Crippen molar-refractivity contribution in [1.82, 2.24) is 15.2 Å². The third-order valence-corrected chi connectivity index (χ3v) is 8.95. The van der Waals surface area contributed by atoms with Gasteiger partial charge in [-0.05, 0) is 59.8 Å². The molecule has 6 rings (SSSR count). The van der Waals surface area contributed by atoms with E-state index in [1.807, 2.05) is 72.8 Å². The molecule has 1 saturated heterocycles. The molecule has 1 fully saturated rings. The van der Waals surface area contributed by atoms with Gasteiger partial charge in [-0.15, -0.1) is 0 Å². The van der Waals surface area contributed by atoms with Crippen molar-refractivity contribution in [2.75, 3.05) is 44.2 Å². The van der Waals surface area contributed by atoms with Crippen LogP contribution in [0.3, 0.4) is 0 Å². The number of pyridine rings is 1. The van der Waals surface area contributed by atoms with Crippen molar-refractivity contribution in [2.24, 2.45) is 0 Å². The van der Waals surface area contributed by atoms with Gasteiger partial charge in [-0.1, -0.05) is 84.8 Å². The number of rotatable bonds is 10. The van der Waals surface area contributed by atoms with Gasteiger partial charge in [0.05, 0.1) is 5.02 Å². The quantitative estimate of drug-likeness (QED) is 0.184. The molecule has 0 radical (unpaired) electrons. The molecule has 0 unspecified atom stereocenters. The summed E-state index contributed by atoms with van der Waals surface area (Å²) in [5.74, 6) is 1.27. The number of nitrogens with one attached hydrogen (secondary N) is 1. The number of piperazine rings is 1. The van der Waals surface area contributed by atoms with E-state index in [4.69, 9.17) is 16.3 Å². The zero-order valence-corrected chi connectivity index (χ0v) is 25.5. The Hall–Kier alpha value is -4.08. The van der Waals surface area contributed by atoms with Gasteiger partial charge >= 0.3 is 6.18 Å². The van der Waals surface area contributed by atoms with Crippen LogP contribution in [-0.2, 0) is 10.2 Å². The third-order valence-electron chi connectivity index (χ3n) is 8.63. The summed E-state index contributed by atoms with van der Waals surface area (Å²) in [4.78, 5) is 23.0. The van der Waals surface area contributed by atoms with Crippen LogP contribution in [-0.4, -0.2) is 61.2 Å². The monoisotopic (exact) mass is 634 g/mol. The van der Waals surface area contributed by atoms with E-state index in [1.54, 1.807) is 18.2 Å². The Morgan fingerprint density at radius 1 is 0.844 bits per heavy atom. The fraction of sp³-hybridized carbons (Fsp3) is 0.314. The number of aromatic nitrogens is 1. The minimum Gasteiger partial charge on any atom is -0.437 e. The first-order valence-electron chi connectivity index (χ1n) is 15.2. The zero-order chi connectivity index (χ0) is 31.4. The minimum absolute atomic E-state index is 0.423. The Labute approximate surface area is 265 Å². The second-order valence-electron chi connectivity index (χ2n) is 11.4. The maximum atomic E-state index is 13.7. The molecule has 3 aromatic carbocycles. The van der Waals surface area contributed by atoms with E-state index < -0.39 is 24.0 Å². The van der Waals surface area contributed by atoms with Crippen molar-refractivity contribution in [3.8, 4) is 22.8 Å². The molecule has 0 spiro atoms. The standard InChI is InChI=1S/C35H34ClF3N4O2/c36-29-14-5-6-15-30(29)45-32-17-9-16-31(41-32)43-22-20-42(21-23-43)19-8-7-18-34(33(44)40-24-35(37,38)39)27-12-3-1-10-25(27)26-11-2-4-13-28(26)34/h1-6,9-17H,7-8,18-24H2,(H,40,44). The van der Waals surface area contributed by atoms with Gasteiger partial charge in [0.2, 0.25) is 11.8 Å². The summed E-state index contributed by atoms with van der Waals surface area (Å²) in [5, 5.41) is 2.74. The lowest BCUT2D eigenvalue weighted by Crippen LogP contribution is -2.48. The number of para-hydroxylation sites is 1. The fourth-order valence-electron chi connectivity index (χ4n) is 6.49. The molecule has 1 N–H and O–H groups in total. The van der Waals surface area contributed by atoms with Crippen molar-refractivity contribution in [1.29, 1.82) is 0 Å². The van der Waals surface area contributed by atoms with Crippen molar-refractivity contribution in [3.63, 3.8) is 0 Å². The summed E-state index contributed by atoms with van der Waals surface area (Å²) in [6, 6.07) is 28.1. The van der Waals surface area contributed by atoms with Crippen LogP contribution in [0.15, 0.2) is 91.0 Å². The van der Waals surface area contributed by atoms with Gasteiger partial charge < -0.3 is 15.0 Å². The van der Waals surface area contributed by atoms with Crippen molar-refractivity contribution in [2.45, 2.75) is 30.9 Å². The number of anilines is 1. The predicted molar refractivity (Wildman–Crippen MR) is 170 cm³/mol. The number of fused-ring (bicyclic) bond motifs is 3. The average Bonchev–Trinajstić information content (AvgIpc) is 3.34. The average molecular weight is 635 g/mol. The second kappa shape index (κ2) is 13.1. The van der Waals surface area contributed by atoms with Crippen LogP contribution in [0, 0.1) is 0 Å². The maximum Gasteiger partial charge on any atom is 0.405 e. The lowest BCUT2D eigenvalue weighted by molar-refractivity contribution is -0.141. The van der Waals surface area contributed by atoms with E-state index in [0.29, 0.717) is 29.5 Å². The van der Waals surface area contributed by atoms with E-state index in [0.717, 1.165) is 67.2 Å². The van der Waals surface area contributed by atoms with E-state index in [2.05, 4.69) is 20.1 Å². The SMILES string of the molecule is O=C(NCC(F)(F)F)C1(CCCCN2CCN(c3cccc(Oc4ccccc4Cl)n3)CC2)c2ccccc2-c2ccccc21. The van der Waals surface area contributed by atoms with Gasteiger partial charge in [-0.3, -0.25) is 9.69 Å². The van der Waals surface area contributed by atoms with Crippen molar-refractivity contribution >= 4 is 23.3 Å². The maximum absolute atomic E-state index is 13.7. The molecule has 0 atom stereocenters. The molecule has 10 heteroatoms. The Bertz CT molecular complexity index is 1610. The highest BCUT2D eigenvalue weighted by Gasteiger charge is 2.49. The van der Waals surface area contributed by atoms with E-state index in [-0.39, 0.29) is 0 Å². The smallest absolute Gasteiger partial charge is 0.405 e. The van der Waals surface area contributed by atoms with E-state index in [1.165, 1.54) is 0 Å². The lowest BCUT2D eigenvalue weighted by atomic mass is 9.73. The van der Waals surface area contributed by atoms with Crippen LogP contribution in [0.2, 0.25) is 5.02 Å². The number of halogens is 4. The van der Waals surface area contributed by atoms with Crippen molar-refractivity contribution < 1.29 is 22.7 Å². The predicted octanol–water partition coefficient (Wildman–Crippen LogP) is 7.46. The minimum atomic E-state index is -4.49. The summed E-state index contributed by atoms with van der Waals surface area (Å²) in [7, 11) is 0. The van der Waals surface area contributed by atoms with Crippen LogP contribution < -0.4 is 15.0 Å². The molecule has 2 aliphatic rings. The number of amides is 1. The largest absolute Gasteiger partial charge is 0.437 e. The fourth-order valence-corrected chi connectivity index (χ4v) is 6.66. The normalized spacial score (nSPS) is 15.8. The number of nitrogens with zero attached hydrogens (tertiary/aromatic N) is 3. The van der Waals surface area contributed by atoms with Crippen LogP contribution in [0.4, 0.5) is 19.0 Å². The molecule has 1 aliphatic carbocycles. The molecule has 6 nitrogen and oxygen atoms in total. The molecule has 0 bridgehead atoms. The molecule has 2 heterocycles. The van der Waals surface area contributed by atoms with Crippen molar-refractivity contribution in [3.05, 3.63) is 107 Å². The number of ether oxygens (including phenoxy) is 1. The molecule has 0 saturated carbocycles. The summed E-state index contributed by atoms with van der Waals surface area (Å²) >= 11 is 6.24. The first kappa shape index (κ1) is 30.9. The Morgan fingerprint density at radius 3 is 2.16 bits per heavy atom. The molecule has 1 aliphatic heterocycles. The van der Waals surface area contributed by atoms with Gasteiger partial charge in [0, 0.05) is 32.2 Å². The number of alkyl halides is 3. The summed E-state index contributed by atoms with van der Waals surface area (Å²) < 4.78 is 45.4. The number of hydrogen-bond acceptors (Lipinski definition) is 5. The molecule has 1 amide bonds. The van der Waals surface area contributed by atoms with Crippen LogP contribution in [0.1, 0.15) is 30.4 Å². The number of carbonyl (C=O) groups is 1. The molecule has 234 valence electrons. The van der Waals surface area contributed by atoms with Gasteiger partial charge in [0.25, 0.3) is 0 Å². The third kappa shape index (κ3) is 6.65. The van der Waals surface area contributed by atoms with Crippen LogP contribution >= 0.6 is 11.6 Å². The molecule has 4 aromatic rings. The summed E-state index contributed by atoms with van der Waals surface area (Å²) in [5.41, 5.74) is 2.18. The van der Waals surface area contributed by atoms with Crippen LogP contribution in [0.5, 0.6) is 11.6 Å².